The van der Waals surface area contributed by atoms with Crippen LogP contribution in [-0.4, -0.2) is 51.9 Å². The Hall–Kier alpha value is -3.30. The molecule has 0 heterocycles. The molecule has 0 saturated heterocycles. The molecule has 0 aliphatic heterocycles. The van der Waals surface area contributed by atoms with Crippen molar-refractivity contribution in [1.82, 2.24) is 0 Å². The monoisotopic (exact) mass is 570 g/mol. The van der Waals surface area contributed by atoms with Crippen molar-refractivity contribution in [3.8, 4) is 0 Å². The van der Waals surface area contributed by atoms with Crippen LogP contribution >= 0.6 is 0 Å². The third kappa shape index (κ3) is 6.04. The Morgan fingerprint density at radius 1 is 0.600 bits per heavy atom. The average Bonchev–Trinajstić information content (AvgIpc) is 2.66. The normalized spacial score (nSPS) is 12.5. The lowest BCUT2D eigenvalue weighted by molar-refractivity contribution is 0.464. The maximum Gasteiger partial charge on any atom is 0.296 e. The summed E-state index contributed by atoms with van der Waals surface area (Å²) in [6.07, 6.45) is -1.32. The molecule has 4 N–H and O–H groups in total. The van der Waals surface area contributed by atoms with Crippen molar-refractivity contribution in [2.45, 2.75) is 26.0 Å². The fourth-order valence-electron chi connectivity index (χ4n) is 2.97. The van der Waals surface area contributed by atoms with Crippen LogP contribution in [0.25, 0.3) is 20.9 Å². The SMILES string of the molecule is [N-]=[N+]=Nc1ccc(S(=O)(=O)O)c(S(=O)(=O)O)c1Cc1c(N=[N+]=[N-])ccc(S(=O)(=O)O)c1S(=O)(=O)O. The van der Waals surface area contributed by atoms with Gasteiger partial charge < -0.3 is 0 Å². The van der Waals surface area contributed by atoms with Crippen molar-refractivity contribution in [3.05, 3.63) is 56.3 Å². The quantitative estimate of drug-likeness (QED) is 0.153. The molecule has 35 heavy (non-hydrogen) atoms. The zero-order valence-corrected chi connectivity index (χ0v) is 19.7. The van der Waals surface area contributed by atoms with E-state index < -0.39 is 89.0 Å². The smallest absolute Gasteiger partial charge is 0.282 e. The van der Waals surface area contributed by atoms with E-state index in [-0.39, 0.29) is 0 Å². The van der Waals surface area contributed by atoms with E-state index in [0.717, 1.165) is 0 Å². The van der Waals surface area contributed by atoms with E-state index in [9.17, 15) is 51.9 Å². The number of hydrogen-bond acceptors (Lipinski definition) is 10. The number of benzene rings is 2. The van der Waals surface area contributed by atoms with Gasteiger partial charge in [0.15, 0.2) is 0 Å². The Balaban J connectivity index is 3.27. The van der Waals surface area contributed by atoms with Gasteiger partial charge in [-0.05, 0) is 34.3 Å². The predicted molar refractivity (Wildman–Crippen MR) is 113 cm³/mol. The number of nitrogens with zero attached hydrogens (tertiary/aromatic N) is 6. The van der Waals surface area contributed by atoms with Crippen molar-refractivity contribution >= 4 is 51.8 Å². The standard InChI is InChI=1S/C13H10N6O12S4/c14-18-16-8-1-3-10(32(20,21)22)12(34(26,27)28)6(8)5-7-9(17-19-15)2-4-11(33(23,24)25)13(7)35(29,30)31/h1-4H,5H2,(H,20,21,22)(H,23,24,25)(H,26,27,28)(H,29,30,31). The summed E-state index contributed by atoms with van der Waals surface area (Å²) in [5, 5.41) is 6.17. The first-order valence-electron chi connectivity index (χ1n) is 8.16. The van der Waals surface area contributed by atoms with Gasteiger partial charge in [-0.1, -0.05) is 22.4 Å². The molecule has 0 aliphatic carbocycles. The Morgan fingerprint density at radius 2 is 0.914 bits per heavy atom. The first-order valence-corrected chi connectivity index (χ1v) is 13.9. The van der Waals surface area contributed by atoms with Crippen LogP contribution in [0.2, 0.25) is 0 Å². The third-order valence-electron chi connectivity index (χ3n) is 4.13. The van der Waals surface area contributed by atoms with Crippen LogP contribution in [0.1, 0.15) is 11.1 Å². The van der Waals surface area contributed by atoms with Crippen LogP contribution in [0.3, 0.4) is 0 Å². The summed E-state index contributed by atoms with van der Waals surface area (Å²) in [5.74, 6) is 0. The Kier molecular flexibility index (Phi) is 7.50. The summed E-state index contributed by atoms with van der Waals surface area (Å²) in [6.45, 7) is 0. The molecular formula is C13H10N6O12S4. The van der Waals surface area contributed by atoms with Gasteiger partial charge in [-0.3, -0.25) is 18.2 Å². The van der Waals surface area contributed by atoms with Gasteiger partial charge in [0.05, 0.1) is 0 Å². The van der Waals surface area contributed by atoms with Crippen molar-refractivity contribution < 1.29 is 51.9 Å². The number of azide groups is 2. The Bertz CT molecular complexity index is 1640. The van der Waals surface area contributed by atoms with Crippen molar-refractivity contribution in [3.63, 3.8) is 0 Å². The van der Waals surface area contributed by atoms with Crippen LogP contribution < -0.4 is 0 Å². The molecule has 0 saturated carbocycles. The van der Waals surface area contributed by atoms with Gasteiger partial charge in [0.25, 0.3) is 40.5 Å². The molecule has 2 aromatic rings. The Labute approximate surface area is 196 Å². The molecule has 22 heteroatoms. The fourth-order valence-corrected chi connectivity index (χ4v) is 7.05. The summed E-state index contributed by atoms with van der Waals surface area (Å²) in [4.78, 5) is -1.43. The lowest BCUT2D eigenvalue weighted by Crippen LogP contribution is -2.15. The molecular weight excluding hydrogens is 560 g/mol. The first-order chi connectivity index (χ1) is 15.8. The molecule has 0 unspecified atom stereocenters. The third-order valence-corrected chi connectivity index (χ3v) is 8.14. The van der Waals surface area contributed by atoms with Crippen LogP contribution in [0.5, 0.6) is 0 Å². The van der Waals surface area contributed by atoms with Crippen molar-refractivity contribution in [2.75, 3.05) is 0 Å². The molecule has 188 valence electrons. The largest absolute Gasteiger partial charge is 0.296 e. The van der Waals surface area contributed by atoms with Crippen LogP contribution in [0, 0.1) is 0 Å². The van der Waals surface area contributed by atoms with Crippen molar-refractivity contribution in [2.24, 2.45) is 10.2 Å². The topological polar surface area (TPSA) is 315 Å². The maximum absolute atomic E-state index is 12.0. The highest BCUT2D eigenvalue weighted by Gasteiger charge is 2.33. The highest BCUT2D eigenvalue weighted by molar-refractivity contribution is 7.89. The van der Waals surface area contributed by atoms with E-state index >= 15 is 0 Å². The molecule has 0 atom stereocenters. The molecule has 0 aromatic heterocycles. The summed E-state index contributed by atoms with van der Waals surface area (Å²) in [5.41, 5.74) is 13.9. The highest BCUT2D eigenvalue weighted by atomic mass is 32.2. The lowest BCUT2D eigenvalue weighted by atomic mass is 10.0. The maximum atomic E-state index is 12.0. The van der Waals surface area contributed by atoms with Gasteiger partial charge >= 0.3 is 0 Å². The fraction of sp³-hybridized carbons (Fsp3) is 0.0769. The number of rotatable bonds is 8. The first kappa shape index (κ1) is 27.9. The minimum atomic E-state index is -5.63. The van der Waals surface area contributed by atoms with Crippen LogP contribution in [0.15, 0.2) is 54.1 Å². The summed E-state index contributed by atoms with van der Waals surface area (Å²) >= 11 is 0. The van der Waals surface area contributed by atoms with Gasteiger partial charge in [0.2, 0.25) is 0 Å². The lowest BCUT2D eigenvalue weighted by Gasteiger charge is -2.17. The van der Waals surface area contributed by atoms with Gasteiger partial charge in [-0.2, -0.15) is 33.7 Å². The second-order valence-corrected chi connectivity index (χ2v) is 11.7. The summed E-state index contributed by atoms with van der Waals surface area (Å²) in [7, 11) is -22.1. The van der Waals surface area contributed by atoms with E-state index in [1.165, 1.54) is 0 Å². The zero-order chi connectivity index (χ0) is 27.0. The summed E-state index contributed by atoms with van der Waals surface area (Å²) < 4.78 is 133. The molecule has 0 fully saturated rings. The minimum absolute atomic E-state index is 0.415. The second-order valence-electron chi connectivity index (χ2n) is 6.24. The van der Waals surface area contributed by atoms with Gasteiger partial charge in [-0.25, -0.2) is 0 Å². The van der Waals surface area contributed by atoms with E-state index in [1.807, 2.05) is 0 Å². The predicted octanol–water partition coefficient (Wildman–Crippen LogP) is 2.15. The van der Waals surface area contributed by atoms with E-state index in [4.69, 9.17) is 11.1 Å². The highest BCUT2D eigenvalue weighted by Crippen LogP contribution is 2.39. The second kappa shape index (κ2) is 9.39. The molecule has 2 rings (SSSR count). The molecule has 0 amide bonds. The molecule has 0 bridgehead atoms. The summed E-state index contributed by atoms with van der Waals surface area (Å²) in [6, 6.07) is 2.11. The molecule has 0 spiro atoms. The van der Waals surface area contributed by atoms with Crippen LogP contribution in [-0.2, 0) is 46.9 Å². The van der Waals surface area contributed by atoms with Crippen molar-refractivity contribution in [1.29, 1.82) is 0 Å². The van der Waals surface area contributed by atoms with Crippen LogP contribution in [0.4, 0.5) is 11.4 Å². The Morgan fingerprint density at radius 3 is 1.14 bits per heavy atom. The molecule has 0 radical (unpaired) electrons. The molecule has 0 aliphatic rings. The van der Waals surface area contributed by atoms with E-state index in [0.29, 0.717) is 24.3 Å². The molecule has 2 aromatic carbocycles. The van der Waals surface area contributed by atoms with Gasteiger partial charge in [0.1, 0.15) is 19.6 Å². The zero-order valence-electron chi connectivity index (χ0n) is 16.4. The van der Waals surface area contributed by atoms with Gasteiger partial charge in [-0.15, -0.1) is 0 Å². The minimum Gasteiger partial charge on any atom is -0.282 e. The van der Waals surface area contributed by atoms with E-state index in [2.05, 4.69) is 20.1 Å². The van der Waals surface area contributed by atoms with Gasteiger partial charge in [0, 0.05) is 27.6 Å². The molecule has 18 nitrogen and oxygen atoms in total. The van der Waals surface area contributed by atoms with E-state index in [1.54, 1.807) is 0 Å². The number of hydrogen-bond donors (Lipinski definition) is 4. The average molecular weight is 571 g/mol.